The predicted octanol–water partition coefficient (Wildman–Crippen LogP) is 3.08. The van der Waals surface area contributed by atoms with E-state index in [0.29, 0.717) is 6.42 Å². The number of phenolic OH excluding ortho intramolecular Hbond substituents is 1. The molecule has 0 radical (unpaired) electrons. The van der Waals surface area contributed by atoms with Gasteiger partial charge in [0.25, 0.3) is 0 Å². The Balaban J connectivity index is 2.35. The molecule has 2 aromatic carbocycles. The molecule has 0 fully saturated rings. The summed E-state index contributed by atoms with van der Waals surface area (Å²) in [6.07, 6.45) is 0.594. The SMILES string of the molecule is O=C(O)CCc1ccccc1-c1cccc(O)c1. The Morgan fingerprint density at radius 3 is 2.56 bits per heavy atom. The van der Waals surface area contributed by atoms with Crippen LogP contribution in [0.4, 0.5) is 0 Å². The Kier molecular flexibility index (Phi) is 3.63. The second kappa shape index (κ2) is 5.36. The minimum absolute atomic E-state index is 0.107. The second-order valence-electron chi connectivity index (χ2n) is 4.10. The molecule has 2 aromatic rings. The van der Waals surface area contributed by atoms with Crippen LogP contribution in [0.3, 0.4) is 0 Å². The van der Waals surface area contributed by atoms with Gasteiger partial charge in [-0.1, -0.05) is 36.4 Å². The van der Waals surface area contributed by atoms with Gasteiger partial charge in [-0.25, -0.2) is 0 Å². The van der Waals surface area contributed by atoms with E-state index in [9.17, 15) is 9.90 Å². The molecule has 0 amide bonds. The van der Waals surface area contributed by atoms with Gasteiger partial charge in [0, 0.05) is 6.42 Å². The van der Waals surface area contributed by atoms with Gasteiger partial charge in [-0.2, -0.15) is 0 Å². The quantitative estimate of drug-likeness (QED) is 0.866. The zero-order chi connectivity index (χ0) is 13.0. The minimum atomic E-state index is -0.805. The number of aliphatic carboxylic acids is 1. The molecule has 0 saturated carbocycles. The van der Waals surface area contributed by atoms with Crippen molar-refractivity contribution in [1.29, 1.82) is 0 Å². The molecule has 0 aliphatic rings. The molecule has 0 atom stereocenters. The van der Waals surface area contributed by atoms with E-state index in [4.69, 9.17) is 5.11 Å². The molecule has 2 rings (SSSR count). The van der Waals surface area contributed by atoms with Crippen molar-refractivity contribution in [2.24, 2.45) is 0 Å². The van der Waals surface area contributed by atoms with Crippen LogP contribution in [0.1, 0.15) is 12.0 Å². The molecule has 18 heavy (non-hydrogen) atoms. The molecule has 0 unspecified atom stereocenters. The minimum Gasteiger partial charge on any atom is -0.508 e. The van der Waals surface area contributed by atoms with Crippen LogP contribution >= 0.6 is 0 Å². The molecule has 0 aliphatic carbocycles. The highest BCUT2D eigenvalue weighted by atomic mass is 16.4. The average Bonchev–Trinajstić information content (AvgIpc) is 2.36. The lowest BCUT2D eigenvalue weighted by molar-refractivity contribution is -0.136. The molecule has 0 heterocycles. The molecule has 2 N–H and O–H groups in total. The van der Waals surface area contributed by atoms with Crippen molar-refractivity contribution in [3.63, 3.8) is 0 Å². The summed E-state index contributed by atoms with van der Waals surface area (Å²) >= 11 is 0. The topological polar surface area (TPSA) is 57.5 Å². The van der Waals surface area contributed by atoms with Crippen LogP contribution in [0.2, 0.25) is 0 Å². The maximum Gasteiger partial charge on any atom is 0.303 e. The van der Waals surface area contributed by atoms with E-state index >= 15 is 0 Å². The molecule has 0 aromatic heterocycles. The zero-order valence-corrected chi connectivity index (χ0v) is 9.84. The van der Waals surface area contributed by atoms with Crippen molar-refractivity contribution >= 4 is 5.97 Å². The highest BCUT2D eigenvalue weighted by Crippen LogP contribution is 2.27. The number of rotatable bonds is 4. The number of carboxylic acid groups (broad SMARTS) is 1. The third-order valence-corrected chi connectivity index (χ3v) is 2.78. The van der Waals surface area contributed by atoms with Crippen LogP contribution in [0.15, 0.2) is 48.5 Å². The third kappa shape index (κ3) is 2.88. The predicted molar refractivity (Wildman–Crippen MR) is 69.5 cm³/mol. The number of aromatic hydroxyl groups is 1. The number of aryl methyl sites for hydroxylation is 1. The van der Waals surface area contributed by atoms with Crippen LogP contribution in [0.25, 0.3) is 11.1 Å². The van der Waals surface area contributed by atoms with Crippen LogP contribution in [-0.2, 0) is 11.2 Å². The molecule has 0 spiro atoms. The first-order valence-corrected chi connectivity index (χ1v) is 5.76. The van der Waals surface area contributed by atoms with Gasteiger partial charge in [0.2, 0.25) is 0 Å². The average molecular weight is 242 g/mol. The molecular weight excluding hydrogens is 228 g/mol. The van der Waals surface area contributed by atoms with Gasteiger partial charge < -0.3 is 10.2 Å². The number of phenols is 1. The smallest absolute Gasteiger partial charge is 0.303 e. The van der Waals surface area contributed by atoms with Gasteiger partial charge in [0.15, 0.2) is 0 Å². The number of carbonyl (C=O) groups is 1. The summed E-state index contributed by atoms with van der Waals surface area (Å²) in [6.45, 7) is 0. The van der Waals surface area contributed by atoms with E-state index in [1.54, 1.807) is 18.2 Å². The van der Waals surface area contributed by atoms with E-state index in [2.05, 4.69) is 0 Å². The normalized spacial score (nSPS) is 10.2. The van der Waals surface area contributed by atoms with Crippen molar-refractivity contribution in [3.8, 4) is 16.9 Å². The van der Waals surface area contributed by atoms with Gasteiger partial charge in [0.1, 0.15) is 5.75 Å². The van der Waals surface area contributed by atoms with Crippen molar-refractivity contribution in [2.75, 3.05) is 0 Å². The first kappa shape index (κ1) is 12.2. The fraction of sp³-hybridized carbons (Fsp3) is 0.133. The molecule has 0 bridgehead atoms. The van der Waals surface area contributed by atoms with Gasteiger partial charge in [-0.05, 0) is 35.2 Å². The molecule has 92 valence electrons. The Labute approximate surface area is 105 Å². The lowest BCUT2D eigenvalue weighted by Gasteiger charge is -2.09. The number of hydrogen-bond donors (Lipinski definition) is 2. The fourth-order valence-electron chi connectivity index (χ4n) is 1.93. The summed E-state index contributed by atoms with van der Waals surface area (Å²) in [7, 11) is 0. The van der Waals surface area contributed by atoms with Gasteiger partial charge >= 0.3 is 5.97 Å². The summed E-state index contributed by atoms with van der Waals surface area (Å²) in [5.41, 5.74) is 2.84. The Hall–Kier alpha value is -2.29. The zero-order valence-electron chi connectivity index (χ0n) is 9.84. The van der Waals surface area contributed by atoms with E-state index in [1.165, 1.54) is 0 Å². The maximum atomic E-state index is 10.6. The monoisotopic (exact) mass is 242 g/mol. The number of benzene rings is 2. The largest absolute Gasteiger partial charge is 0.508 e. The van der Waals surface area contributed by atoms with Crippen molar-refractivity contribution in [3.05, 3.63) is 54.1 Å². The summed E-state index contributed by atoms with van der Waals surface area (Å²) < 4.78 is 0. The summed E-state index contributed by atoms with van der Waals surface area (Å²) in [4.78, 5) is 10.6. The number of hydrogen-bond acceptors (Lipinski definition) is 2. The van der Waals surface area contributed by atoms with E-state index < -0.39 is 5.97 Å². The Morgan fingerprint density at radius 1 is 1.06 bits per heavy atom. The van der Waals surface area contributed by atoms with Gasteiger partial charge in [-0.15, -0.1) is 0 Å². The summed E-state index contributed by atoms with van der Waals surface area (Å²) in [6, 6.07) is 14.6. The van der Waals surface area contributed by atoms with Crippen LogP contribution < -0.4 is 0 Å². The van der Waals surface area contributed by atoms with Crippen LogP contribution in [0.5, 0.6) is 5.75 Å². The standard InChI is InChI=1S/C15H14O3/c16-13-6-3-5-12(10-13)14-7-2-1-4-11(14)8-9-15(17)18/h1-7,10,16H,8-9H2,(H,17,18). The van der Waals surface area contributed by atoms with Crippen molar-refractivity contribution in [1.82, 2.24) is 0 Å². The van der Waals surface area contributed by atoms with Crippen LogP contribution in [0, 0.1) is 0 Å². The van der Waals surface area contributed by atoms with Gasteiger partial charge in [0.05, 0.1) is 0 Å². The molecule has 0 saturated heterocycles. The Morgan fingerprint density at radius 2 is 1.83 bits per heavy atom. The lowest BCUT2D eigenvalue weighted by Crippen LogP contribution is -1.98. The van der Waals surface area contributed by atoms with Crippen LogP contribution in [-0.4, -0.2) is 16.2 Å². The van der Waals surface area contributed by atoms with Crippen molar-refractivity contribution in [2.45, 2.75) is 12.8 Å². The first-order chi connectivity index (χ1) is 8.66. The molecule has 3 nitrogen and oxygen atoms in total. The highest BCUT2D eigenvalue weighted by Gasteiger charge is 2.06. The fourth-order valence-corrected chi connectivity index (χ4v) is 1.93. The molecular formula is C15H14O3. The molecule has 3 heteroatoms. The summed E-state index contributed by atoms with van der Waals surface area (Å²) in [5, 5.41) is 18.2. The summed E-state index contributed by atoms with van der Waals surface area (Å²) in [5.74, 6) is -0.596. The first-order valence-electron chi connectivity index (χ1n) is 5.76. The Bertz CT molecular complexity index is 561. The van der Waals surface area contributed by atoms with Gasteiger partial charge in [-0.3, -0.25) is 4.79 Å². The third-order valence-electron chi connectivity index (χ3n) is 2.78. The van der Waals surface area contributed by atoms with Crippen molar-refractivity contribution < 1.29 is 15.0 Å². The highest BCUT2D eigenvalue weighted by molar-refractivity contribution is 5.71. The molecule has 0 aliphatic heterocycles. The maximum absolute atomic E-state index is 10.6. The van der Waals surface area contributed by atoms with E-state index in [-0.39, 0.29) is 12.2 Å². The van der Waals surface area contributed by atoms with E-state index in [0.717, 1.165) is 16.7 Å². The van der Waals surface area contributed by atoms with E-state index in [1.807, 2.05) is 30.3 Å². The number of carboxylic acids is 1. The lowest BCUT2D eigenvalue weighted by atomic mass is 9.96. The second-order valence-corrected chi connectivity index (χ2v) is 4.10.